The van der Waals surface area contributed by atoms with Crippen LogP contribution in [-0.4, -0.2) is 28.6 Å². The van der Waals surface area contributed by atoms with E-state index in [4.69, 9.17) is 9.47 Å². The third kappa shape index (κ3) is 7.16. The Morgan fingerprint density at radius 3 is 2.12 bits per heavy atom. The molecule has 0 saturated carbocycles. The molecule has 0 amide bonds. The largest absolute Gasteiger partial charge is 0.481 e. The number of benzene rings is 2. The summed E-state index contributed by atoms with van der Waals surface area (Å²) in [5.74, 6) is 0.308. The number of esters is 1. The Labute approximate surface area is 197 Å². The van der Waals surface area contributed by atoms with Crippen LogP contribution in [0.15, 0.2) is 79.0 Å². The van der Waals surface area contributed by atoms with Crippen LogP contribution >= 0.6 is 0 Å². The van der Waals surface area contributed by atoms with E-state index in [9.17, 15) is 4.79 Å². The molecule has 0 bridgehead atoms. The number of pyridine rings is 1. The predicted octanol–water partition coefficient (Wildman–Crippen LogP) is 6.13. The third-order valence-electron chi connectivity index (χ3n) is 5.52. The van der Waals surface area contributed by atoms with Crippen LogP contribution in [0.3, 0.4) is 0 Å². The highest BCUT2D eigenvalue weighted by molar-refractivity contribution is 5.71. The Kier molecular flexibility index (Phi) is 8.23. The van der Waals surface area contributed by atoms with Crippen LogP contribution < -0.4 is 4.74 Å². The molecule has 0 fully saturated rings. The quantitative estimate of drug-likeness (QED) is 0.370. The lowest BCUT2D eigenvalue weighted by atomic mass is 9.97. The van der Waals surface area contributed by atoms with Gasteiger partial charge in [-0.3, -0.25) is 9.69 Å². The van der Waals surface area contributed by atoms with Gasteiger partial charge >= 0.3 is 5.97 Å². The van der Waals surface area contributed by atoms with Gasteiger partial charge in [0.25, 0.3) is 0 Å². The summed E-state index contributed by atoms with van der Waals surface area (Å²) in [6.45, 7) is 8.53. The first-order chi connectivity index (χ1) is 15.8. The molecule has 1 unspecified atom stereocenters. The predicted molar refractivity (Wildman–Crippen MR) is 131 cm³/mol. The van der Waals surface area contributed by atoms with E-state index in [2.05, 4.69) is 41.1 Å². The first kappa shape index (κ1) is 24.5. The van der Waals surface area contributed by atoms with Crippen molar-refractivity contribution >= 4 is 5.97 Å². The smallest absolute Gasteiger partial charge is 0.308 e. The lowest BCUT2D eigenvalue weighted by molar-refractivity contribution is -0.156. The van der Waals surface area contributed by atoms with Crippen LogP contribution in [0.4, 0.5) is 0 Å². The van der Waals surface area contributed by atoms with Gasteiger partial charge in [-0.15, -0.1) is 0 Å². The number of carbonyl (C=O) groups excluding carboxylic acids is 1. The van der Waals surface area contributed by atoms with Crippen LogP contribution in [-0.2, 0) is 16.1 Å². The fraction of sp³-hybridized carbons (Fsp3) is 0.357. The van der Waals surface area contributed by atoms with Gasteiger partial charge in [0.1, 0.15) is 5.60 Å². The summed E-state index contributed by atoms with van der Waals surface area (Å²) in [7, 11) is 1.60. The monoisotopic (exact) mass is 446 g/mol. The highest BCUT2D eigenvalue weighted by atomic mass is 16.6. The zero-order chi connectivity index (χ0) is 23.8. The van der Waals surface area contributed by atoms with Crippen molar-refractivity contribution in [3.63, 3.8) is 0 Å². The molecule has 0 saturated heterocycles. The fourth-order valence-corrected chi connectivity index (χ4v) is 3.91. The maximum absolute atomic E-state index is 13.0. The van der Waals surface area contributed by atoms with Crippen LogP contribution in [0, 0.1) is 0 Å². The van der Waals surface area contributed by atoms with Crippen molar-refractivity contribution in [3.8, 4) is 5.88 Å². The molecule has 0 aliphatic rings. The normalized spacial score (nSPS) is 13.4. The Morgan fingerprint density at radius 2 is 1.58 bits per heavy atom. The summed E-state index contributed by atoms with van der Waals surface area (Å²) < 4.78 is 11.0. The minimum absolute atomic E-state index is 0.0564. The molecule has 0 spiro atoms. The molecule has 0 aliphatic carbocycles. The Hall–Kier alpha value is -3.18. The SMILES string of the molecule is COc1ccc([C@H](CC(=O)OC(C)(C)C)N(Cc2ccccc2)C(C)c2ccccc2)cn1. The molecule has 5 nitrogen and oxygen atoms in total. The average Bonchev–Trinajstić information content (AvgIpc) is 2.81. The Balaban J connectivity index is 2.02. The number of rotatable bonds is 9. The van der Waals surface area contributed by atoms with E-state index in [0.29, 0.717) is 12.4 Å². The van der Waals surface area contributed by atoms with Crippen molar-refractivity contribution in [2.24, 2.45) is 0 Å². The van der Waals surface area contributed by atoms with Crippen molar-refractivity contribution in [2.45, 2.75) is 58.3 Å². The van der Waals surface area contributed by atoms with Crippen molar-refractivity contribution in [2.75, 3.05) is 7.11 Å². The van der Waals surface area contributed by atoms with Gasteiger partial charge in [0.15, 0.2) is 0 Å². The van der Waals surface area contributed by atoms with E-state index in [0.717, 1.165) is 5.56 Å². The molecule has 2 atom stereocenters. The minimum atomic E-state index is -0.547. The summed E-state index contributed by atoms with van der Waals surface area (Å²) in [5, 5.41) is 0. The number of aromatic nitrogens is 1. The zero-order valence-electron chi connectivity index (χ0n) is 20.2. The Morgan fingerprint density at radius 1 is 0.939 bits per heavy atom. The van der Waals surface area contributed by atoms with Gasteiger partial charge in [0.2, 0.25) is 5.88 Å². The fourth-order valence-electron chi connectivity index (χ4n) is 3.91. The van der Waals surface area contributed by atoms with Crippen LogP contribution in [0.2, 0.25) is 0 Å². The first-order valence-corrected chi connectivity index (χ1v) is 11.3. The summed E-state index contributed by atoms with van der Waals surface area (Å²) in [6, 6.07) is 24.3. The molecule has 3 aromatic rings. The van der Waals surface area contributed by atoms with Crippen molar-refractivity contribution in [1.29, 1.82) is 0 Å². The number of ether oxygens (including phenoxy) is 2. The van der Waals surface area contributed by atoms with Gasteiger partial charge in [-0.1, -0.05) is 66.7 Å². The maximum atomic E-state index is 13.0. The van der Waals surface area contributed by atoms with E-state index in [1.165, 1.54) is 11.1 Å². The molecule has 2 aromatic carbocycles. The molecule has 174 valence electrons. The molecule has 0 aliphatic heterocycles. The third-order valence-corrected chi connectivity index (χ3v) is 5.52. The molecule has 1 aromatic heterocycles. The second kappa shape index (κ2) is 11.1. The second-order valence-corrected chi connectivity index (χ2v) is 9.18. The van der Waals surface area contributed by atoms with E-state index in [-0.39, 0.29) is 24.5 Å². The number of nitrogens with zero attached hydrogens (tertiary/aromatic N) is 2. The van der Waals surface area contributed by atoms with Gasteiger partial charge in [-0.05, 0) is 44.4 Å². The van der Waals surface area contributed by atoms with Crippen LogP contribution in [0.1, 0.15) is 62.9 Å². The zero-order valence-corrected chi connectivity index (χ0v) is 20.2. The average molecular weight is 447 g/mol. The topological polar surface area (TPSA) is 51.7 Å². The summed E-state index contributed by atoms with van der Waals surface area (Å²) in [5.41, 5.74) is 2.76. The molecule has 1 heterocycles. The number of hydrogen-bond donors (Lipinski definition) is 0. The molecular formula is C28H34N2O3. The van der Waals surface area contributed by atoms with E-state index >= 15 is 0 Å². The lowest BCUT2D eigenvalue weighted by Gasteiger charge is -2.37. The minimum Gasteiger partial charge on any atom is -0.481 e. The van der Waals surface area contributed by atoms with Gasteiger partial charge in [-0.2, -0.15) is 0 Å². The number of methoxy groups -OCH3 is 1. The van der Waals surface area contributed by atoms with Crippen molar-refractivity contribution < 1.29 is 14.3 Å². The summed E-state index contributed by atoms with van der Waals surface area (Å²) in [6.07, 6.45) is 2.01. The van der Waals surface area contributed by atoms with E-state index in [1.54, 1.807) is 13.3 Å². The molecule has 3 rings (SSSR count). The van der Waals surface area contributed by atoms with Gasteiger partial charge < -0.3 is 9.47 Å². The highest BCUT2D eigenvalue weighted by Gasteiger charge is 2.30. The lowest BCUT2D eigenvalue weighted by Crippen LogP contribution is -2.34. The number of hydrogen-bond acceptors (Lipinski definition) is 5. The standard InChI is InChI=1S/C28H34N2O3/c1-21(23-14-10-7-11-15-23)30(20-22-12-8-6-9-13-22)25(18-27(31)33-28(2,3)4)24-16-17-26(32-5)29-19-24/h6-17,19,21,25H,18,20H2,1-5H3/t21?,25-/m0/s1. The van der Waals surface area contributed by atoms with Crippen molar-refractivity contribution in [1.82, 2.24) is 9.88 Å². The molecule has 33 heavy (non-hydrogen) atoms. The Bertz CT molecular complexity index is 999. The maximum Gasteiger partial charge on any atom is 0.308 e. The van der Waals surface area contributed by atoms with E-state index < -0.39 is 5.60 Å². The summed E-state index contributed by atoms with van der Waals surface area (Å²) >= 11 is 0. The van der Waals surface area contributed by atoms with Crippen molar-refractivity contribution in [3.05, 3.63) is 95.7 Å². The highest BCUT2D eigenvalue weighted by Crippen LogP contribution is 2.35. The molecule has 5 heteroatoms. The summed E-state index contributed by atoms with van der Waals surface area (Å²) in [4.78, 5) is 19.8. The van der Waals surface area contributed by atoms with Gasteiger partial charge in [0.05, 0.1) is 13.5 Å². The van der Waals surface area contributed by atoms with Gasteiger partial charge in [-0.25, -0.2) is 4.98 Å². The molecule has 0 radical (unpaired) electrons. The van der Waals surface area contributed by atoms with Gasteiger partial charge in [0, 0.05) is 30.9 Å². The molecule has 0 N–H and O–H groups in total. The second-order valence-electron chi connectivity index (χ2n) is 9.18. The van der Waals surface area contributed by atoms with E-state index in [1.807, 2.05) is 69.3 Å². The first-order valence-electron chi connectivity index (χ1n) is 11.3. The van der Waals surface area contributed by atoms with Crippen LogP contribution in [0.25, 0.3) is 0 Å². The number of carbonyl (C=O) groups is 1. The molecular weight excluding hydrogens is 412 g/mol. The van der Waals surface area contributed by atoms with Crippen LogP contribution in [0.5, 0.6) is 5.88 Å².